The van der Waals surface area contributed by atoms with Gasteiger partial charge in [-0.3, -0.25) is 14.9 Å². The fourth-order valence-electron chi connectivity index (χ4n) is 2.34. The van der Waals surface area contributed by atoms with Crippen LogP contribution in [0.15, 0.2) is 59.2 Å². The first-order chi connectivity index (χ1) is 12.5. The number of nitrogens with zero attached hydrogens (tertiary/aromatic N) is 3. The molecule has 0 aliphatic rings. The molecule has 0 atom stereocenters. The molecule has 3 aromatic rings. The zero-order chi connectivity index (χ0) is 18.7. The van der Waals surface area contributed by atoms with Crippen molar-refractivity contribution < 1.29 is 9.72 Å². The minimum absolute atomic E-state index is 0.0227. The number of hydrogen-bond acceptors (Lipinski definition) is 4. The molecule has 0 unspecified atom stereocenters. The summed E-state index contributed by atoms with van der Waals surface area (Å²) in [5, 5.41) is 17.9. The molecule has 0 bridgehead atoms. The lowest BCUT2D eigenvalue weighted by molar-refractivity contribution is -0.384. The Kier molecular flexibility index (Phi) is 5.34. The number of hydrogen-bond donors (Lipinski definition) is 1. The van der Waals surface area contributed by atoms with E-state index in [9.17, 15) is 14.9 Å². The van der Waals surface area contributed by atoms with E-state index in [2.05, 4.69) is 26.3 Å². The summed E-state index contributed by atoms with van der Waals surface area (Å²) >= 11 is 9.25. The van der Waals surface area contributed by atoms with Crippen LogP contribution in [0.5, 0.6) is 0 Å². The van der Waals surface area contributed by atoms with Gasteiger partial charge in [-0.15, -0.1) is 0 Å². The highest BCUT2D eigenvalue weighted by Crippen LogP contribution is 2.25. The molecule has 1 amide bonds. The summed E-state index contributed by atoms with van der Waals surface area (Å²) in [6.45, 7) is 0.449. The first kappa shape index (κ1) is 18.1. The molecule has 132 valence electrons. The van der Waals surface area contributed by atoms with Gasteiger partial charge < -0.3 is 5.32 Å². The van der Waals surface area contributed by atoms with Crippen molar-refractivity contribution in [1.82, 2.24) is 9.78 Å². The average molecular weight is 436 g/mol. The summed E-state index contributed by atoms with van der Waals surface area (Å²) in [7, 11) is 0. The number of nitro benzene ring substituents is 1. The fraction of sp³-hybridized carbons (Fsp3) is 0.0588. The normalized spacial score (nSPS) is 10.5. The van der Waals surface area contributed by atoms with Gasteiger partial charge in [0.25, 0.3) is 11.6 Å². The van der Waals surface area contributed by atoms with Crippen LogP contribution in [0.25, 0.3) is 0 Å². The van der Waals surface area contributed by atoms with E-state index < -0.39 is 10.8 Å². The Hall–Kier alpha value is -2.71. The Labute approximate surface area is 161 Å². The standard InChI is InChI=1S/C17H12BrClN4O3/c18-13-4-2-1-3-12(13)10-22-16(7-8-20-22)21-17(24)11-5-6-14(19)15(9-11)23(25)26/h1-9H,10H2,(H,21,24). The largest absolute Gasteiger partial charge is 0.307 e. The quantitative estimate of drug-likeness (QED) is 0.472. The van der Waals surface area contributed by atoms with Crippen molar-refractivity contribution in [3.63, 3.8) is 0 Å². The third-order valence-corrected chi connectivity index (χ3v) is 4.73. The molecule has 1 N–H and O–H groups in total. The zero-order valence-corrected chi connectivity index (χ0v) is 15.6. The first-order valence-electron chi connectivity index (χ1n) is 7.46. The Bertz CT molecular complexity index is 990. The number of amides is 1. The van der Waals surface area contributed by atoms with Crippen molar-refractivity contribution in [3.8, 4) is 0 Å². The summed E-state index contributed by atoms with van der Waals surface area (Å²) in [4.78, 5) is 22.8. The molecule has 0 aliphatic heterocycles. The topological polar surface area (TPSA) is 90.1 Å². The molecule has 7 nitrogen and oxygen atoms in total. The average Bonchev–Trinajstić information content (AvgIpc) is 3.04. The second-order valence-electron chi connectivity index (χ2n) is 5.34. The van der Waals surface area contributed by atoms with Crippen LogP contribution in [-0.4, -0.2) is 20.6 Å². The minimum Gasteiger partial charge on any atom is -0.307 e. The van der Waals surface area contributed by atoms with Crippen LogP contribution in [-0.2, 0) is 6.54 Å². The second-order valence-corrected chi connectivity index (χ2v) is 6.60. The van der Waals surface area contributed by atoms with Gasteiger partial charge in [-0.1, -0.05) is 45.7 Å². The van der Waals surface area contributed by atoms with Gasteiger partial charge in [0.1, 0.15) is 10.8 Å². The van der Waals surface area contributed by atoms with Crippen LogP contribution in [0, 0.1) is 10.1 Å². The van der Waals surface area contributed by atoms with Gasteiger partial charge in [0.05, 0.1) is 17.7 Å². The lowest BCUT2D eigenvalue weighted by Crippen LogP contribution is -2.16. The summed E-state index contributed by atoms with van der Waals surface area (Å²) in [6.07, 6.45) is 1.57. The van der Waals surface area contributed by atoms with Crippen LogP contribution in [0.1, 0.15) is 15.9 Å². The third kappa shape index (κ3) is 3.92. The lowest BCUT2D eigenvalue weighted by Gasteiger charge is -2.10. The predicted octanol–water partition coefficient (Wildman–Crippen LogP) is 4.51. The monoisotopic (exact) mass is 434 g/mol. The predicted molar refractivity (Wildman–Crippen MR) is 102 cm³/mol. The van der Waals surface area contributed by atoms with Crippen molar-refractivity contribution in [1.29, 1.82) is 0 Å². The summed E-state index contributed by atoms with van der Waals surface area (Å²) in [6, 6.07) is 13.2. The lowest BCUT2D eigenvalue weighted by atomic mass is 10.2. The molecule has 3 rings (SSSR count). The molecule has 2 aromatic carbocycles. The van der Waals surface area contributed by atoms with Crippen molar-refractivity contribution in [2.45, 2.75) is 6.54 Å². The molecule has 0 saturated heterocycles. The van der Waals surface area contributed by atoms with Crippen LogP contribution >= 0.6 is 27.5 Å². The van der Waals surface area contributed by atoms with Gasteiger partial charge in [-0.2, -0.15) is 5.10 Å². The molecule has 0 radical (unpaired) electrons. The van der Waals surface area contributed by atoms with Gasteiger partial charge >= 0.3 is 0 Å². The maximum atomic E-state index is 12.4. The van der Waals surface area contributed by atoms with E-state index in [1.54, 1.807) is 16.9 Å². The zero-order valence-electron chi connectivity index (χ0n) is 13.2. The van der Waals surface area contributed by atoms with Gasteiger partial charge in [-0.25, -0.2) is 4.68 Å². The maximum absolute atomic E-state index is 12.4. The number of benzene rings is 2. The molecule has 0 saturated carbocycles. The van der Waals surface area contributed by atoms with E-state index in [4.69, 9.17) is 11.6 Å². The van der Waals surface area contributed by atoms with Crippen LogP contribution in [0.2, 0.25) is 5.02 Å². The number of nitrogens with one attached hydrogen (secondary N) is 1. The Morgan fingerprint density at radius 1 is 1.27 bits per heavy atom. The smallest absolute Gasteiger partial charge is 0.288 e. The van der Waals surface area contributed by atoms with Crippen LogP contribution < -0.4 is 5.32 Å². The Morgan fingerprint density at radius 3 is 2.77 bits per heavy atom. The highest BCUT2D eigenvalue weighted by atomic mass is 79.9. The SMILES string of the molecule is O=C(Nc1ccnn1Cc1ccccc1Br)c1ccc(Cl)c([N+](=O)[O-])c1. The minimum atomic E-state index is -0.629. The fourth-order valence-corrected chi connectivity index (χ4v) is 2.93. The van der Waals surface area contributed by atoms with E-state index >= 15 is 0 Å². The number of nitro groups is 1. The van der Waals surface area contributed by atoms with Gasteiger partial charge in [0.2, 0.25) is 0 Å². The second kappa shape index (κ2) is 7.67. The molecular formula is C17H12BrClN4O3. The number of carbonyl (C=O) groups excluding carboxylic acids is 1. The summed E-state index contributed by atoms with van der Waals surface area (Å²) < 4.78 is 2.56. The number of aromatic nitrogens is 2. The molecule has 0 fully saturated rings. The molecule has 1 heterocycles. The molecule has 0 aliphatic carbocycles. The van der Waals surface area contributed by atoms with Gasteiger partial charge in [0, 0.05) is 22.2 Å². The van der Waals surface area contributed by atoms with Crippen LogP contribution in [0.3, 0.4) is 0 Å². The summed E-state index contributed by atoms with van der Waals surface area (Å²) in [5.74, 6) is -0.0120. The van der Waals surface area contributed by atoms with Crippen molar-refractivity contribution in [2.75, 3.05) is 5.32 Å². The van der Waals surface area contributed by atoms with E-state index in [-0.39, 0.29) is 16.3 Å². The molecule has 9 heteroatoms. The number of carbonyl (C=O) groups is 1. The number of anilines is 1. The number of halogens is 2. The first-order valence-corrected chi connectivity index (χ1v) is 8.63. The highest BCUT2D eigenvalue weighted by molar-refractivity contribution is 9.10. The van der Waals surface area contributed by atoms with E-state index in [1.807, 2.05) is 24.3 Å². The van der Waals surface area contributed by atoms with Crippen molar-refractivity contribution in [3.05, 3.63) is 85.5 Å². The Morgan fingerprint density at radius 2 is 2.04 bits per heavy atom. The number of rotatable bonds is 5. The van der Waals surface area contributed by atoms with Gasteiger partial charge in [-0.05, 0) is 23.8 Å². The van der Waals surface area contributed by atoms with Crippen molar-refractivity contribution in [2.24, 2.45) is 0 Å². The highest BCUT2D eigenvalue weighted by Gasteiger charge is 2.17. The molecular weight excluding hydrogens is 424 g/mol. The summed E-state index contributed by atoms with van der Waals surface area (Å²) in [5.41, 5.74) is 0.810. The molecule has 26 heavy (non-hydrogen) atoms. The molecule has 1 aromatic heterocycles. The van der Waals surface area contributed by atoms with E-state index in [0.717, 1.165) is 16.1 Å². The maximum Gasteiger partial charge on any atom is 0.288 e. The molecule has 0 spiro atoms. The van der Waals surface area contributed by atoms with Crippen molar-refractivity contribution >= 4 is 44.9 Å². The van der Waals surface area contributed by atoms with E-state index in [0.29, 0.717) is 12.4 Å². The van der Waals surface area contributed by atoms with Crippen LogP contribution in [0.4, 0.5) is 11.5 Å². The Balaban J connectivity index is 1.81. The third-order valence-electron chi connectivity index (χ3n) is 3.64. The van der Waals surface area contributed by atoms with Gasteiger partial charge in [0.15, 0.2) is 0 Å². The van der Waals surface area contributed by atoms with E-state index in [1.165, 1.54) is 12.1 Å².